The smallest absolute Gasteiger partial charge is 0.186 e. The van der Waals surface area contributed by atoms with Gasteiger partial charge in [-0.2, -0.15) is 0 Å². The van der Waals surface area contributed by atoms with Gasteiger partial charge in [-0.1, -0.05) is 56.3 Å². The summed E-state index contributed by atoms with van der Waals surface area (Å²) in [6, 6.07) is 12.5. The van der Waals surface area contributed by atoms with Gasteiger partial charge in [-0.15, -0.1) is 6.58 Å². The van der Waals surface area contributed by atoms with Crippen LogP contribution in [0.3, 0.4) is 0 Å². The quantitative estimate of drug-likeness (QED) is 0.843. The Bertz CT molecular complexity index is 775. The largest absolute Gasteiger partial charge is 0.507 e. The maximum absolute atomic E-state index is 12.6. The van der Waals surface area contributed by atoms with E-state index in [4.69, 9.17) is 0 Å². The standard InChI is InChI=1S/C18H20O3S/c1-4-12-22(20,21)18-16(19)11-10-15(13(2)3)17(18)14-8-6-5-7-9-14/h4-11,13,19H,1,12H2,2-3H3. The maximum Gasteiger partial charge on any atom is 0.186 e. The van der Waals surface area contributed by atoms with Gasteiger partial charge in [0.05, 0.1) is 5.75 Å². The van der Waals surface area contributed by atoms with Crippen molar-refractivity contribution in [2.45, 2.75) is 24.7 Å². The van der Waals surface area contributed by atoms with Crippen LogP contribution in [0, 0.1) is 0 Å². The molecular formula is C18H20O3S. The normalized spacial score (nSPS) is 11.6. The van der Waals surface area contributed by atoms with Gasteiger partial charge in [-0.3, -0.25) is 0 Å². The summed E-state index contributed by atoms with van der Waals surface area (Å²) in [7, 11) is -3.64. The molecule has 2 rings (SSSR count). The average Bonchev–Trinajstić information content (AvgIpc) is 2.47. The van der Waals surface area contributed by atoms with Gasteiger partial charge in [0.1, 0.15) is 10.6 Å². The zero-order valence-corrected chi connectivity index (χ0v) is 13.6. The topological polar surface area (TPSA) is 54.4 Å². The Morgan fingerprint density at radius 1 is 1.14 bits per heavy atom. The summed E-state index contributed by atoms with van der Waals surface area (Å²) in [5.74, 6) is -0.291. The van der Waals surface area contributed by atoms with E-state index in [0.29, 0.717) is 5.56 Å². The van der Waals surface area contributed by atoms with Gasteiger partial charge in [0.25, 0.3) is 0 Å². The molecule has 2 aromatic carbocycles. The first-order valence-electron chi connectivity index (χ1n) is 7.13. The number of hydrogen-bond donors (Lipinski definition) is 1. The molecule has 1 N–H and O–H groups in total. The third-order valence-corrected chi connectivity index (χ3v) is 5.21. The van der Waals surface area contributed by atoms with Crippen LogP contribution in [0.15, 0.2) is 60.0 Å². The molecule has 0 amide bonds. The highest BCUT2D eigenvalue weighted by atomic mass is 32.2. The molecule has 2 aromatic rings. The van der Waals surface area contributed by atoms with Crippen molar-refractivity contribution in [2.24, 2.45) is 0 Å². The minimum Gasteiger partial charge on any atom is -0.507 e. The lowest BCUT2D eigenvalue weighted by Gasteiger charge is -2.18. The van der Waals surface area contributed by atoms with Gasteiger partial charge in [-0.25, -0.2) is 8.42 Å². The molecule has 0 unspecified atom stereocenters. The van der Waals surface area contributed by atoms with Crippen LogP contribution in [0.1, 0.15) is 25.3 Å². The fourth-order valence-electron chi connectivity index (χ4n) is 2.52. The van der Waals surface area contributed by atoms with Crippen LogP contribution in [-0.2, 0) is 9.84 Å². The van der Waals surface area contributed by atoms with Crippen LogP contribution in [0.25, 0.3) is 11.1 Å². The fraction of sp³-hybridized carbons (Fsp3) is 0.222. The molecule has 116 valence electrons. The first kappa shape index (κ1) is 16.3. The molecule has 0 atom stereocenters. The Morgan fingerprint density at radius 2 is 1.77 bits per heavy atom. The molecule has 0 saturated carbocycles. The van der Waals surface area contributed by atoms with Crippen LogP contribution < -0.4 is 0 Å². The highest BCUT2D eigenvalue weighted by Gasteiger charge is 2.26. The van der Waals surface area contributed by atoms with Crippen molar-refractivity contribution >= 4 is 9.84 Å². The van der Waals surface area contributed by atoms with Crippen LogP contribution in [0.4, 0.5) is 0 Å². The number of sulfone groups is 1. The van der Waals surface area contributed by atoms with Crippen LogP contribution >= 0.6 is 0 Å². The van der Waals surface area contributed by atoms with Crippen molar-refractivity contribution in [2.75, 3.05) is 5.75 Å². The van der Waals surface area contributed by atoms with E-state index in [9.17, 15) is 13.5 Å². The molecule has 0 fully saturated rings. The van der Waals surface area contributed by atoms with E-state index in [-0.39, 0.29) is 22.3 Å². The molecule has 22 heavy (non-hydrogen) atoms. The number of hydrogen-bond acceptors (Lipinski definition) is 3. The predicted octanol–water partition coefficient (Wildman–Crippen LogP) is 4.14. The molecule has 3 nitrogen and oxygen atoms in total. The van der Waals surface area contributed by atoms with Gasteiger partial charge in [-0.05, 0) is 23.1 Å². The summed E-state index contributed by atoms with van der Waals surface area (Å²) < 4.78 is 25.2. The molecule has 4 heteroatoms. The molecule has 0 aliphatic rings. The monoisotopic (exact) mass is 316 g/mol. The zero-order chi connectivity index (χ0) is 16.3. The van der Waals surface area contributed by atoms with Crippen molar-refractivity contribution in [1.82, 2.24) is 0 Å². The summed E-state index contributed by atoms with van der Waals surface area (Å²) in [6.07, 6.45) is 1.34. The van der Waals surface area contributed by atoms with E-state index in [1.54, 1.807) is 6.07 Å². The molecule has 0 bridgehead atoms. The number of phenolic OH excluding ortho intramolecular Hbond substituents is 1. The minimum atomic E-state index is -3.64. The third-order valence-electron chi connectivity index (χ3n) is 3.50. The lowest BCUT2D eigenvalue weighted by Crippen LogP contribution is -2.09. The van der Waals surface area contributed by atoms with Gasteiger partial charge in [0.15, 0.2) is 9.84 Å². The Morgan fingerprint density at radius 3 is 2.32 bits per heavy atom. The Balaban J connectivity index is 2.88. The molecular weight excluding hydrogens is 296 g/mol. The highest BCUT2D eigenvalue weighted by Crippen LogP contribution is 2.40. The van der Waals surface area contributed by atoms with E-state index >= 15 is 0 Å². The lowest BCUT2D eigenvalue weighted by molar-refractivity contribution is 0.459. The lowest BCUT2D eigenvalue weighted by atomic mass is 9.92. The number of rotatable bonds is 5. The van der Waals surface area contributed by atoms with Gasteiger partial charge in [0, 0.05) is 5.56 Å². The number of benzene rings is 2. The summed E-state index contributed by atoms with van der Waals surface area (Å²) in [5.41, 5.74) is 2.26. The van der Waals surface area contributed by atoms with E-state index in [1.807, 2.05) is 44.2 Å². The van der Waals surface area contributed by atoms with E-state index in [2.05, 4.69) is 6.58 Å². The minimum absolute atomic E-state index is 0.00944. The second-order valence-electron chi connectivity index (χ2n) is 5.47. The molecule has 0 spiro atoms. The van der Waals surface area contributed by atoms with Gasteiger partial charge >= 0.3 is 0 Å². The van der Waals surface area contributed by atoms with Crippen molar-refractivity contribution in [3.8, 4) is 16.9 Å². The van der Waals surface area contributed by atoms with Crippen LogP contribution in [-0.4, -0.2) is 19.3 Å². The second-order valence-corrected chi connectivity index (χ2v) is 7.44. The SMILES string of the molecule is C=CCS(=O)(=O)c1c(O)ccc(C(C)C)c1-c1ccccc1. The Labute approximate surface area is 131 Å². The predicted molar refractivity (Wildman–Crippen MR) is 89.9 cm³/mol. The van der Waals surface area contributed by atoms with Crippen molar-refractivity contribution < 1.29 is 13.5 Å². The average molecular weight is 316 g/mol. The zero-order valence-electron chi connectivity index (χ0n) is 12.8. The summed E-state index contributed by atoms with van der Waals surface area (Å²) >= 11 is 0. The van der Waals surface area contributed by atoms with Crippen molar-refractivity contribution in [1.29, 1.82) is 0 Å². The molecule has 0 aliphatic carbocycles. The fourth-order valence-corrected chi connectivity index (χ4v) is 3.93. The van der Waals surface area contributed by atoms with Gasteiger partial charge in [0.2, 0.25) is 0 Å². The second kappa shape index (κ2) is 6.36. The van der Waals surface area contributed by atoms with Crippen molar-refractivity contribution in [3.05, 3.63) is 60.7 Å². The maximum atomic E-state index is 12.6. The highest BCUT2D eigenvalue weighted by molar-refractivity contribution is 7.91. The number of phenols is 1. The first-order valence-corrected chi connectivity index (χ1v) is 8.78. The molecule has 0 aliphatic heterocycles. The molecule has 0 aromatic heterocycles. The van der Waals surface area contributed by atoms with E-state index in [0.717, 1.165) is 11.1 Å². The molecule has 0 radical (unpaired) electrons. The van der Waals surface area contributed by atoms with Crippen LogP contribution in [0.2, 0.25) is 0 Å². The summed E-state index contributed by atoms with van der Waals surface area (Å²) in [6.45, 7) is 7.51. The van der Waals surface area contributed by atoms with Gasteiger partial charge < -0.3 is 5.11 Å². The Hall–Kier alpha value is -2.07. The van der Waals surface area contributed by atoms with E-state index < -0.39 is 9.84 Å². The first-order chi connectivity index (χ1) is 10.4. The van der Waals surface area contributed by atoms with Crippen molar-refractivity contribution in [3.63, 3.8) is 0 Å². The van der Waals surface area contributed by atoms with Crippen LogP contribution in [0.5, 0.6) is 5.75 Å². The Kier molecular flexibility index (Phi) is 4.71. The summed E-state index contributed by atoms with van der Waals surface area (Å²) in [4.78, 5) is -0.00944. The molecule has 0 heterocycles. The number of aromatic hydroxyl groups is 1. The third kappa shape index (κ3) is 3.07. The summed E-state index contributed by atoms with van der Waals surface area (Å²) in [5, 5.41) is 10.2. The van der Waals surface area contributed by atoms with E-state index in [1.165, 1.54) is 12.1 Å². The molecule has 0 saturated heterocycles.